The molecule has 2 heterocycles. The summed E-state index contributed by atoms with van der Waals surface area (Å²) >= 11 is 0. The van der Waals surface area contributed by atoms with Crippen LogP contribution in [0.3, 0.4) is 0 Å². The zero-order chi connectivity index (χ0) is 20.3. The Morgan fingerprint density at radius 3 is 2.32 bits per heavy atom. The van der Waals surface area contributed by atoms with Gasteiger partial charge in [0.25, 0.3) is 0 Å². The van der Waals surface area contributed by atoms with E-state index >= 15 is 0 Å². The number of nitrogens with zero attached hydrogens (tertiary/aromatic N) is 1. The van der Waals surface area contributed by atoms with Crippen molar-refractivity contribution in [3.05, 3.63) is 47.0 Å². The van der Waals surface area contributed by atoms with Crippen LogP contribution in [0.4, 0.5) is 5.69 Å². The summed E-state index contributed by atoms with van der Waals surface area (Å²) in [7, 11) is 3.38. The molecule has 0 radical (unpaired) electrons. The minimum absolute atomic E-state index is 0.144. The number of methoxy groups -OCH3 is 2. The van der Waals surface area contributed by atoms with Gasteiger partial charge in [-0.3, -0.25) is 0 Å². The fourth-order valence-corrected chi connectivity index (χ4v) is 4.77. The molecule has 2 N–H and O–H groups in total. The van der Waals surface area contributed by atoms with Gasteiger partial charge in [-0.2, -0.15) is 0 Å². The molecule has 0 spiro atoms. The van der Waals surface area contributed by atoms with E-state index < -0.39 is 0 Å². The monoisotopic (exact) mass is 382 g/mol. The van der Waals surface area contributed by atoms with E-state index in [4.69, 9.17) is 19.9 Å². The summed E-state index contributed by atoms with van der Waals surface area (Å²) in [5.41, 5.74) is 11.2. The van der Waals surface area contributed by atoms with E-state index in [1.807, 2.05) is 12.1 Å². The van der Waals surface area contributed by atoms with E-state index in [0.29, 0.717) is 0 Å². The largest absolute Gasteiger partial charge is 0.497 e. The van der Waals surface area contributed by atoms with Gasteiger partial charge in [-0.25, -0.2) is 0 Å². The van der Waals surface area contributed by atoms with Crippen LogP contribution in [0.1, 0.15) is 50.6 Å². The molecular weight excluding hydrogens is 352 g/mol. The maximum Gasteiger partial charge on any atom is 0.165 e. The highest BCUT2D eigenvalue weighted by Gasteiger charge is 2.44. The van der Waals surface area contributed by atoms with E-state index in [2.05, 4.69) is 50.8 Å². The molecule has 2 aliphatic rings. The van der Waals surface area contributed by atoms with Crippen LogP contribution in [-0.2, 0) is 12.8 Å². The molecule has 0 fully saturated rings. The Balaban J connectivity index is 1.85. The van der Waals surface area contributed by atoms with Crippen LogP contribution in [0, 0.1) is 0 Å². The Morgan fingerprint density at radius 1 is 1.04 bits per heavy atom. The first kappa shape index (κ1) is 18.9. The summed E-state index contributed by atoms with van der Waals surface area (Å²) in [4.78, 5) is 2.31. The maximum absolute atomic E-state index is 6.92. The molecule has 1 atom stereocenters. The lowest BCUT2D eigenvalue weighted by molar-refractivity contribution is 0.134. The van der Waals surface area contributed by atoms with E-state index in [1.54, 1.807) is 14.2 Å². The molecule has 0 bridgehead atoms. The van der Waals surface area contributed by atoms with E-state index in [9.17, 15) is 0 Å². The predicted molar refractivity (Wildman–Crippen MR) is 112 cm³/mol. The molecule has 2 aromatic carbocycles. The molecule has 0 aliphatic carbocycles. The van der Waals surface area contributed by atoms with Gasteiger partial charge >= 0.3 is 0 Å². The highest BCUT2D eigenvalue weighted by molar-refractivity contribution is 5.64. The number of nitrogens with two attached hydrogens (primary N) is 1. The first-order valence-electron chi connectivity index (χ1n) is 9.77. The summed E-state index contributed by atoms with van der Waals surface area (Å²) in [6.07, 6.45) is 1.45. The van der Waals surface area contributed by atoms with Crippen molar-refractivity contribution in [3.63, 3.8) is 0 Å². The Morgan fingerprint density at radius 2 is 1.71 bits per heavy atom. The summed E-state index contributed by atoms with van der Waals surface area (Å²) in [6, 6.07) is 10.2. The normalized spacial score (nSPS) is 21.5. The minimum atomic E-state index is -0.262. The fourth-order valence-electron chi connectivity index (χ4n) is 4.77. The molecular formula is C23H30N2O3. The lowest BCUT2D eigenvalue weighted by Gasteiger charge is -2.49. The van der Waals surface area contributed by atoms with Crippen molar-refractivity contribution in [3.8, 4) is 17.2 Å². The number of rotatable bonds is 3. The number of benzene rings is 2. The molecule has 1 unspecified atom stereocenters. The van der Waals surface area contributed by atoms with E-state index in [-0.39, 0.29) is 17.3 Å². The second kappa shape index (κ2) is 6.31. The third kappa shape index (κ3) is 2.89. The number of hydrogen-bond acceptors (Lipinski definition) is 5. The Labute approximate surface area is 167 Å². The third-order valence-electron chi connectivity index (χ3n) is 5.87. The Bertz CT molecular complexity index is 903. The van der Waals surface area contributed by atoms with Crippen LogP contribution in [0.15, 0.2) is 30.3 Å². The molecule has 0 saturated heterocycles. The van der Waals surface area contributed by atoms with E-state index in [0.717, 1.165) is 35.8 Å². The van der Waals surface area contributed by atoms with Gasteiger partial charge in [0.2, 0.25) is 0 Å². The van der Waals surface area contributed by atoms with Gasteiger partial charge in [0.15, 0.2) is 11.5 Å². The van der Waals surface area contributed by atoms with Crippen molar-refractivity contribution in [1.29, 1.82) is 0 Å². The van der Waals surface area contributed by atoms with Crippen molar-refractivity contribution in [2.45, 2.75) is 57.8 Å². The highest BCUT2D eigenvalue weighted by Crippen LogP contribution is 2.50. The summed E-state index contributed by atoms with van der Waals surface area (Å²) in [5, 5.41) is 0. The van der Waals surface area contributed by atoms with Gasteiger partial charge in [-0.15, -0.1) is 0 Å². The van der Waals surface area contributed by atoms with Gasteiger partial charge in [-0.05, 0) is 75.6 Å². The van der Waals surface area contributed by atoms with Crippen LogP contribution >= 0.6 is 0 Å². The quantitative estimate of drug-likeness (QED) is 0.861. The SMILES string of the molecule is COc1ccc(N2C(N)c3c(cc(OC)c4c3CC(C)(C)O4)CC2(C)C)cc1. The lowest BCUT2D eigenvalue weighted by atomic mass is 9.80. The molecule has 4 rings (SSSR count). The zero-order valence-corrected chi connectivity index (χ0v) is 17.6. The van der Waals surface area contributed by atoms with Crippen LogP contribution in [0.5, 0.6) is 17.2 Å². The van der Waals surface area contributed by atoms with Crippen molar-refractivity contribution in [2.24, 2.45) is 5.73 Å². The first-order chi connectivity index (χ1) is 13.2. The molecule has 150 valence electrons. The van der Waals surface area contributed by atoms with Gasteiger partial charge in [0.1, 0.15) is 17.5 Å². The standard InChI is InChI=1S/C23H30N2O3/c1-22(2)12-14-11-18(27-6)20-17(13-23(3,4)28-20)19(14)21(24)25(22)15-7-9-16(26-5)10-8-15/h7-11,21H,12-13,24H2,1-6H3. The smallest absolute Gasteiger partial charge is 0.165 e. The van der Waals surface area contributed by atoms with Crippen LogP contribution in [0.2, 0.25) is 0 Å². The molecule has 0 saturated carbocycles. The summed E-state index contributed by atoms with van der Waals surface area (Å²) in [6.45, 7) is 8.69. The topological polar surface area (TPSA) is 57.0 Å². The predicted octanol–water partition coefficient (Wildman–Crippen LogP) is 4.22. The third-order valence-corrected chi connectivity index (χ3v) is 5.87. The molecule has 0 aromatic heterocycles. The number of anilines is 1. The number of hydrogen-bond donors (Lipinski definition) is 1. The molecule has 2 aromatic rings. The van der Waals surface area contributed by atoms with Crippen LogP contribution in [-0.4, -0.2) is 25.4 Å². The second-order valence-electron chi connectivity index (χ2n) is 9.00. The Kier molecular flexibility index (Phi) is 4.27. The maximum atomic E-state index is 6.92. The average molecular weight is 383 g/mol. The first-order valence-corrected chi connectivity index (χ1v) is 9.77. The minimum Gasteiger partial charge on any atom is -0.497 e. The highest BCUT2D eigenvalue weighted by atomic mass is 16.5. The van der Waals surface area contributed by atoms with Gasteiger partial charge < -0.3 is 24.8 Å². The number of fused-ring (bicyclic) bond motifs is 3. The second-order valence-corrected chi connectivity index (χ2v) is 9.00. The van der Waals surface area contributed by atoms with Crippen LogP contribution < -0.4 is 24.8 Å². The summed E-state index contributed by atoms with van der Waals surface area (Å²) in [5.74, 6) is 2.49. The van der Waals surface area contributed by atoms with Crippen molar-refractivity contribution in [1.82, 2.24) is 0 Å². The molecule has 0 amide bonds. The average Bonchev–Trinajstić information content (AvgIpc) is 2.95. The zero-order valence-electron chi connectivity index (χ0n) is 17.6. The molecule has 28 heavy (non-hydrogen) atoms. The lowest BCUT2D eigenvalue weighted by Crippen LogP contribution is -2.54. The van der Waals surface area contributed by atoms with Crippen molar-refractivity contribution < 1.29 is 14.2 Å². The van der Waals surface area contributed by atoms with E-state index in [1.165, 1.54) is 16.7 Å². The van der Waals surface area contributed by atoms with Gasteiger partial charge in [-0.1, -0.05) is 0 Å². The van der Waals surface area contributed by atoms with Crippen LogP contribution in [0.25, 0.3) is 0 Å². The summed E-state index contributed by atoms with van der Waals surface area (Å²) < 4.78 is 17.2. The molecule has 5 heteroatoms. The van der Waals surface area contributed by atoms with Crippen molar-refractivity contribution in [2.75, 3.05) is 19.1 Å². The number of ether oxygens (including phenoxy) is 3. The fraction of sp³-hybridized carbons (Fsp3) is 0.478. The van der Waals surface area contributed by atoms with Gasteiger partial charge in [0, 0.05) is 23.2 Å². The molecule has 2 aliphatic heterocycles. The van der Waals surface area contributed by atoms with Gasteiger partial charge in [0.05, 0.1) is 14.2 Å². The molecule has 5 nitrogen and oxygen atoms in total. The van der Waals surface area contributed by atoms with Crippen molar-refractivity contribution >= 4 is 5.69 Å². The Hall–Kier alpha value is -2.40.